The molecule has 0 bridgehead atoms. The van der Waals surface area contributed by atoms with Crippen LogP contribution in [0.2, 0.25) is 5.02 Å². The van der Waals surface area contributed by atoms with Gasteiger partial charge < -0.3 is 4.74 Å². The SMILES string of the molecule is COC(=O)/C(=C/c1ccc(Cl)cc1)[N+](=O)[O-]. The van der Waals surface area contributed by atoms with Crippen molar-refractivity contribution in [1.82, 2.24) is 0 Å². The zero-order valence-electron chi connectivity index (χ0n) is 8.34. The van der Waals surface area contributed by atoms with E-state index in [4.69, 9.17) is 11.6 Å². The lowest BCUT2D eigenvalue weighted by Gasteiger charge is -1.97. The number of nitro groups is 1. The summed E-state index contributed by atoms with van der Waals surface area (Å²) in [4.78, 5) is 20.9. The Kier molecular flexibility index (Phi) is 4.02. The molecule has 0 saturated heterocycles. The Hall–Kier alpha value is -1.88. The van der Waals surface area contributed by atoms with Crippen LogP contribution < -0.4 is 0 Å². The monoisotopic (exact) mass is 241 g/mol. The molecule has 1 aromatic rings. The van der Waals surface area contributed by atoms with Crippen molar-refractivity contribution in [2.45, 2.75) is 0 Å². The number of methoxy groups -OCH3 is 1. The van der Waals surface area contributed by atoms with Gasteiger partial charge in [0.05, 0.1) is 12.0 Å². The highest BCUT2D eigenvalue weighted by Gasteiger charge is 2.22. The zero-order chi connectivity index (χ0) is 12.1. The number of nitrogens with zero attached hydrogens (tertiary/aromatic N) is 1. The first-order valence-electron chi connectivity index (χ1n) is 4.24. The van der Waals surface area contributed by atoms with Crippen molar-refractivity contribution < 1.29 is 14.5 Å². The van der Waals surface area contributed by atoms with Gasteiger partial charge in [-0.05, 0) is 17.7 Å². The third kappa shape index (κ3) is 3.06. The minimum Gasteiger partial charge on any atom is -0.461 e. The van der Waals surface area contributed by atoms with E-state index in [1.807, 2.05) is 0 Å². The molecular formula is C10H8ClNO4. The average molecular weight is 242 g/mol. The van der Waals surface area contributed by atoms with Crippen molar-refractivity contribution in [3.63, 3.8) is 0 Å². The van der Waals surface area contributed by atoms with Gasteiger partial charge in [0.1, 0.15) is 0 Å². The Labute approximate surface area is 96.4 Å². The standard InChI is InChI=1S/C10H8ClNO4/c1-16-10(13)9(12(14)15)6-7-2-4-8(11)5-3-7/h2-6H,1H3/b9-6-. The third-order valence-electron chi connectivity index (χ3n) is 1.76. The number of ether oxygens (including phenoxy) is 1. The number of hydrogen-bond donors (Lipinski definition) is 0. The number of rotatable bonds is 3. The van der Waals surface area contributed by atoms with Crippen LogP contribution in [-0.4, -0.2) is 18.0 Å². The summed E-state index contributed by atoms with van der Waals surface area (Å²) in [6.45, 7) is 0. The molecule has 0 heterocycles. The molecule has 5 nitrogen and oxygen atoms in total. The molecule has 1 aromatic carbocycles. The van der Waals surface area contributed by atoms with Crippen LogP contribution in [0.15, 0.2) is 30.0 Å². The minimum atomic E-state index is -0.986. The second-order valence-electron chi connectivity index (χ2n) is 2.83. The van der Waals surface area contributed by atoms with Crippen molar-refractivity contribution in [2.75, 3.05) is 7.11 Å². The lowest BCUT2D eigenvalue weighted by Crippen LogP contribution is -2.12. The lowest BCUT2D eigenvalue weighted by molar-refractivity contribution is -0.419. The van der Waals surface area contributed by atoms with E-state index in [1.165, 1.54) is 0 Å². The predicted octanol–water partition coefficient (Wildman–Crippen LogP) is 2.13. The molecule has 0 unspecified atom stereocenters. The van der Waals surface area contributed by atoms with Crippen molar-refractivity contribution in [3.05, 3.63) is 50.7 Å². The molecule has 6 heteroatoms. The molecule has 0 fully saturated rings. The van der Waals surface area contributed by atoms with Gasteiger partial charge in [0.25, 0.3) is 0 Å². The van der Waals surface area contributed by atoms with Crippen molar-refractivity contribution >= 4 is 23.6 Å². The maximum absolute atomic E-state index is 11.1. The molecule has 0 radical (unpaired) electrons. The Morgan fingerprint density at radius 3 is 2.44 bits per heavy atom. The molecule has 0 atom stereocenters. The largest absolute Gasteiger partial charge is 0.461 e. The van der Waals surface area contributed by atoms with Crippen LogP contribution in [-0.2, 0) is 9.53 Å². The number of carbonyl (C=O) groups excluding carboxylic acids is 1. The Morgan fingerprint density at radius 1 is 1.44 bits per heavy atom. The fraction of sp³-hybridized carbons (Fsp3) is 0.100. The van der Waals surface area contributed by atoms with Gasteiger partial charge in [-0.15, -0.1) is 0 Å². The highest BCUT2D eigenvalue weighted by Crippen LogP contribution is 2.13. The topological polar surface area (TPSA) is 69.4 Å². The Morgan fingerprint density at radius 2 is 2.00 bits per heavy atom. The Bertz CT molecular complexity index is 439. The Balaban J connectivity index is 3.07. The van der Waals surface area contributed by atoms with E-state index in [-0.39, 0.29) is 0 Å². The van der Waals surface area contributed by atoms with Crippen LogP contribution in [0.25, 0.3) is 6.08 Å². The van der Waals surface area contributed by atoms with Crippen LogP contribution in [0.1, 0.15) is 5.56 Å². The molecule has 0 aromatic heterocycles. The van der Waals surface area contributed by atoms with Crippen molar-refractivity contribution in [2.24, 2.45) is 0 Å². The van der Waals surface area contributed by atoms with Crippen molar-refractivity contribution in [1.29, 1.82) is 0 Å². The van der Waals surface area contributed by atoms with Gasteiger partial charge in [-0.1, -0.05) is 23.7 Å². The first kappa shape index (κ1) is 12.2. The molecular weight excluding hydrogens is 234 g/mol. The van der Waals surface area contributed by atoms with E-state index >= 15 is 0 Å². The van der Waals surface area contributed by atoms with Crippen molar-refractivity contribution in [3.8, 4) is 0 Å². The smallest absolute Gasteiger partial charge is 0.409 e. The summed E-state index contributed by atoms with van der Waals surface area (Å²) < 4.78 is 4.29. The maximum Gasteiger partial charge on any atom is 0.409 e. The van der Waals surface area contributed by atoms with Crippen LogP contribution >= 0.6 is 11.6 Å². The first-order chi connectivity index (χ1) is 7.54. The molecule has 0 aliphatic heterocycles. The summed E-state index contributed by atoms with van der Waals surface area (Å²) in [5.41, 5.74) is -0.119. The highest BCUT2D eigenvalue weighted by atomic mass is 35.5. The van der Waals surface area contributed by atoms with Crippen LogP contribution in [0.3, 0.4) is 0 Å². The number of benzene rings is 1. The third-order valence-corrected chi connectivity index (χ3v) is 2.02. The summed E-state index contributed by atoms with van der Waals surface area (Å²) in [6.07, 6.45) is 1.13. The minimum absolute atomic E-state index is 0.501. The van der Waals surface area contributed by atoms with E-state index in [0.717, 1.165) is 13.2 Å². The molecule has 0 N–H and O–H groups in total. The molecule has 84 valence electrons. The highest BCUT2D eigenvalue weighted by molar-refractivity contribution is 6.30. The van der Waals surface area contributed by atoms with E-state index < -0.39 is 16.6 Å². The zero-order valence-corrected chi connectivity index (χ0v) is 9.10. The average Bonchev–Trinajstić information content (AvgIpc) is 2.27. The molecule has 0 aliphatic carbocycles. The molecule has 0 spiro atoms. The van der Waals surface area contributed by atoms with Crippen LogP contribution in [0, 0.1) is 10.1 Å². The molecule has 0 saturated carbocycles. The van der Waals surface area contributed by atoms with E-state index in [0.29, 0.717) is 10.6 Å². The van der Waals surface area contributed by atoms with E-state index in [1.54, 1.807) is 24.3 Å². The lowest BCUT2D eigenvalue weighted by atomic mass is 10.2. The summed E-state index contributed by atoms with van der Waals surface area (Å²) in [5, 5.41) is 11.1. The number of hydrogen-bond acceptors (Lipinski definition) is 4. The molecule has 0 amide bonds. The summed E-state index contributed by atoms with van der Waals surface area (Å²) in [7, 11) is 1.08. The molecule has 16 heavy (non-hydrogen) atoms. The van der Waals surface area contributed by atoms with Gasteiger partial charge in [-0.25, -0.2) is 4.79 Å². The summed E-state index contributed by atoms with van der Waals surface area (Å²) >= 11 is 5.65. The number of esters is 1. The summed E-state index contributed by atoms with van der Waals surface area (Å²) in [5.74, 6) is -0.986. The quantitative estimate of drug-likeness (QED) is 0.352. The number of halogens is 1. The fourth-order valence-corrected chi connectivity index (χ4v) is 1.13. The van der Waals surface area contributed by atoms with Crippen LogP contribution in [0.5, 0.6) is 0 Å². The fourth-order valence-electron chi connectivity index (χ4n) is 1.01. The summed E-state index contributed by atoms with van der Waals surface area (Å²) in [6, 6.07) is 6.27. The molecule has 1 rings (SSSR count). The predicted molar refractivity (Wildman–Crippen MR) is 58.4 cm³/mol. The molecule has 0 aliphatic rings. The van der Waals surface area contributed by atoms with Gasteiger partial charge >= 0.3 is 11.7 Å². The van der Waals surface area contributed by atoms with E-state index in [2.05, 4.69) is 4.74 Å². The maximum atomic E-state index is 11.1. The van der Waals surface area contributed by atoms with E-state index in [9.17, 15) is 14.9 Å². The number of carbonyl (C=O) groups is 1. The van der Waals surface area contributed by atoms with Crippen LogP contribution in [0.4, 0.5) is 0 Å². The van der Waals surface area contributed by atoms with Gasteiger partial charge in [0.2, 0.25) is 0 Å². The van der Waals surface area contributed by atoms with Gasteiger partial charge in [-0.2, -0.15) is 0 Å². The van der Waals surface area contributed by atoms with Gasteiger partial charge in [0.15, 0.2) is 0 Å². The second-order valence-corrected chi connectivity index (χ2v) is 3.27. The normalized spacial score (nSPS) is 11.0. The van der Waals surface area contributed by atoms with Gasteiger partial charge in [0, 0.05) is 11.1 Å². The second kappa shape index (κ2) is 5.27. The first-order valence-corrected chi connectivity index (χ1v) is 4.62. The van der Waals surface area contributed by atoms with Gasteiger partial charge in [-0.3, -0.25) is 10.1 Å².